The molecule has 0 saturated heterocycles. The maximum absolute atomic E-state index is 5.75. The molecule has 0 bridgehead atoms. The number of nitrogens with two attached hydrogens (primary N) is 1. The molecule has 0 saturated carbocycles. The lowest BCUT2D eigenvalue weighted by atomic mass is 10.0. The Morgan fingerprint density at radius 2 is 2.21 bits per heavy atom. The van der Waals surface area contributed by atoms with Crippen LogP contribution in [0.4, 0.5) is 0 Å². The highest BCUT2D eigenvalue weighted by Crippen LogP contribution is 2.29. The van der Waals surface area contributed by atoms with Crippen molar-refractivity contribution in [1.82, 2.24) is 25.4 Å². The number of nitrogens with one attached hydrogen (secondary N) is 1. The van der Waals surface area contributed by atoms with Gasteiger partial charge in [-0.2, -0.15) is 15.3 Å². The molecule has 2 aromatic rings. The van der Waals surface area contributed by atoms with E-state index in [4.69, 9.17) is 5.84 Å². The molecule has 1 atom stereocenters. The second kappa shape index (κ2) is 5.77. The van der Waals surface area contributed by atoms with E-state index in [-0.39, 0.29) is 6.04 Å². The number of halogens is 1. The number of nitrogens with zero attached hydrogens (tertiary/aromatic N) is 4. The van der Waals surface area contributed by atoms with Crippen molar-refractivity contribution in [3.63, 3.8) is 0 Å². The van der Waals surface area contributed by atoms with Gasteiger partial charge in [0.05, 0.1) is 33.8 Å². The molecule has 19 heavy (non-hydrogen) atoms. The van der Waals surface area contributed by atoms with Crippen molar-refractivity contribution in [3.05, 3.63) is 39.4 Å². The van der Waals surface area contributed by atoms with Crippen LogP contribution in [0.1, 0.15) is 35.6 Å². The molecule has 0 radical (unpaired) electrons. The van der Waals surface area contributed by atoms with Crippen molar-refractivity contribution in [2.24, 2.45) is 12.9 Å². The van der Waals surface area contributed by atoms with E-state index >= 15 is 0 Å². The summed E-state index contributed by atoms with van der Waals surface area (Å²) in [6.07, 6.45) is 2.56. The third kappa shape index (κ3) is 2.68. The van der Waals surface area contributed by atoms with E-state index in [2.05, 4.69) is 43.6 Å². The van der Waals surface area contributed by atoms with Crippen LogP contribution >= 0.6 is 15.9 Å². The van der Waals surface area contributed by atoms with Gasteiger partial charge in [-0.15, -0.1) is 0 Å². The molecular weight excluding hydrogens is 308 g/mol. The Hall–Kier alpha value is -1.31. The van der Waals surface area contributed by atoms with Gasteiger partial charge in [-0.1, -0.05) is 6.92 Å². The molecule has 0 aromatic carbocycles. The Kier molecular flexibility index (Phi) is 4.28. The van der Waals surface area contributed by atoms with E-state index < -0.39 is 0 Å². The number of hydrazine groups is 1. The second-order valence-electron chi connectivity index (χ2n) is 4.34. The average Bonchev–Trinajstić information content (AvgIpc) is 2.72. The number of hydrogen-bond acceptors (Lipinski definition) is 5. The molecule has 2 aromatic heterocycles. The fraction of sp³-hybridized carbons (Fsp3) is 0.417. The molecule has 2 rings (SSSR count). The van der Waals surface area contributed by atoms with Crippen LogP contribution in [0.25, 0.3) is 0 Å². The van der Waals surface area contributed by atoms with Gasteiger partial charge in [-0.05, 0) is 35.3 Å². The molecule has 0 amide bonds. The van der Waals surface area contributed by atoms with E-state index in [1.165, 1.54) is 0 Å². The monoisotopic (exact) mass is 324 g/mol. The topological polar surface area (TPSA) is 81.7 Å². The zero-order valence-corrected chi connectivity index (χ0v) is 12.8. The number of aromatic nitrogens is 4. The van der Waals surface area contributed by atoms with Crippen LogP contribution in [-0.4, -0.2) is 20.0 Å². The average molecular weight is 325 g/mol. The molecule has 7 heteroatoms. The van der Waals surface area contributed by atoms with Crippen molar-refractivity contribution in [1.29, 1.82) is 0 Å². The number of aryl methyl sites for hydroxylation is 3. The maximum Gasteiger partial charge on any atom is 0.0908 e. The van der Waals surface area contributed by atoms with E-state index in [1.807, 2.05) is 20.0 Å². The van der Waals surface area contributed by atoms with E-state index in [0.29, 0.717) is 0 Å². The summed E-state index contributed by atoms with van der Waals surface area (Å²) in [5, 5.41) is 12.6. The molecule has 0 fully saturated rings. The smallest absolute Gasteiger partial charge is 0.0908 e. The zero-order valence-electron chi connectivity index (χ0n) is 11.2. The SMILES string of the molecule is CCc1nnc(C)cc1C(NN)c1c(Br)cnn1C. The summed E-state index contributed by atoms with van der Waals surface area (Å²) in [6, 6.07) is 1.83. The van der Waals surface area contributed by atoms with E-state index in [0.717, 1.165) is 33.5 Å². The molecule has 102 valence electrons. The van der Waals surface area contributed by atoms with Crippen LogP contribution in [0.15, 0.2) is 16.7 Å². The van der Waals surface area contributed by atoms with Crippen LogP contribution in [0, 0.1) is 6.92 Å². The zero-order chi connectivity index (χ0) is 14.0. The molecule has 0 spiro atoms. The quantitative estimate of drug-likeness (QED) is 0.656. The van der Waals surface area contributed by atoms with Gasteiger partial charge in [0, 0.05) is 12.6 Å². The van der Waals surface area contributed by atoms with Crippen molar-refractivity contribution in [3.8, 4) is 0 Å². The molecular formula is C12H17BrN6. The maximum atomic E-state index is 5.75. The fourth-order valence-corrected chi connectivity index (χ4v) is 2.70. The third-order valence-electron chi connectivity index (χ3n) is 3.05. The van der Waals surface area contributed by atoms with Crippen LogP contribution in [-0.2, 0) is 13.5 Å². The standard InChI is InChI=1S/C12H17BrN6/c1-4-10-8(5-7(2)17-18-10)11(16-14)12-9(13)6-15-19(12)3/h5-6,11,16H,4,14H2,1-3H3. The van der Waals surface area contributed by atoms with Crippen LogP contribution in [0.3, 0.4) is 0 Å². The van der Waals surface area contributed by atoms with Gasteiger partial charge in [0.25, 0.3) is 0 Å². The van der Waals surface area contributed by atoms with Crippen LogP contribution in [0.5, 0.6) is 0 Å². The molecule has 2 heterocycles. The molecule has 1 unspecified atom stereocenters. The van der Waals surface area contributed by atoms with Crippen molar-refractivity contribution in [2.45, 2.75) is 26.3 Å². The fourth-order valence-electron chi connectivity index (χ4n) is 2.12. The summed E-state index contributed by atoms with van der Waals surface area (Å²) >= 11 is 3.51. The molecule has 6 nitrogen and oxygen atoms in total. The summed E-state index contributed by atoms with van der Waals surface area (Å²) in [6.45, 7) is 3.97. The first-order chi connectivity index (χ1) is 9.08. The first kappa shape index (κ1) is 14.1. The molecule has 0 aliphatic rings. The first-order valence-electron chi connectivity index (χ1n) is 6.05. The summed E-state index contributed by atoms with van der Waals surface area (Å²) < 4.78 is 2.71. The van der Waals surface area contributed by atoms with Gasteiger partial charge in [0.2, 0.25) is 0 Å². The molecule has 3 N–H and O–H groups in total. The van der Waals surface area contributed by atoms with E-state index in [1.54, 1.807) is 10.9 Å². The number of hydrogen-bond donors (Lipinski definition) is 2. The van der Waals surface area contributed by atoms with Gasteiger partial charge >= 0.3 is 0 Å². The third-order valence-corrected chi connectivity index (χ3v) is 3.66. The molecule has 0 aliphatic carbocycles. The highest BCUT2D eigenvalue weighted by Gasteiger charge is 2.22. The summed E-state index contributed by atoms with van der Waals surface area (Å²) in [7, 11) is 1.89. The summed E-state index contributed by atoms with van der Waals surface area (Å²) in [5.74, 6) is 5.75. The predicted molar refractivity (Wildman–Crippen MR) is 76.2 cm³/mol. The lowest BCUT2D eigenvalue weighted by molar-refractivity contribution is 0.564. The Morgan fingerprint density at radius 3 is 2.74 bits per heavy atom. The Labute approximate surface area is 120 Å². The highest BCUT2D eigenvalue weighted by atomic mass is 79.9. The van der Waals surface area contributed by atoms with Crippen molar-refractivity contribution in [2.75, 3.05) is 0 Å². The summed E-state index contributed by atoms with van der Waals surface area (Å²) in [5.41, 5.74) is 6.64. The summed E-state index contributed by atoms with van der Waals surface area (Å²) in [4.78, 5) is 0. The minimum atomic E-state index is -0.175. The van der Waals surface area contributed by atoms with Gasteiger partial charge in [0.15, 0.2) is 0 Å². The van der Waals surface area contributed by atoms with Gasteiger partial charge in [-0.3, -0.25) is 10.5 Å². The van der Waals surface area contributed by atoms with Gasteiger partial charge < -0.3 is 0 Å². The minimum Gasteiger partial charge on any atom is -0.271 e. The Morgan fingerprint density at radius 1 is 1.47 bits per heavy atom. The highest BCUT2D eigenvalue weighted by molar-refractivity contribution is 9.10. The van der Waals surface area contributed by atoms with Gasteiger partial charge in [-0.25, -0.2) is 5.43 Å². The van der Waals surface area contributed by atoms with Crippen LogP contribution in [0.2, 0.25) is 0 Å². The van der Waals surface area contributed by atoms with Crippen molar-refractivity contribution < 1.29 is 0 Å². The minimum absolute atomic E-state index is 0.175. The van der Waals surface area contributed by atoms with E-state index in [9.17, 15) is 0 Å². The normalized spacial score (nSPS) is 12.7. The predicted octanol–water partition coefficient (Wildman–Crippen LogP) is 1.40. The van der Waals surface area contributed by atoms with Crippen molar-refractivity contribution >= 4 is 15.9 Å². The lowest BCUT2D eigenvalue weighted by Crippen LogP contribution is -2.31. The number of rotatable bonds is 4. The Balaban J connectivity index is 2.57. The van der Waals surface area contributed by atoms with Gasteiger partial charge in [0.1, 0.15) is 0 Å². The van der Waals surface area contributed by atoms with Crippen LogP contribution < -0.4 is 11.3 Å². The second-order valence-corrected chi connectivity index (χ2v) is 5.20. The molecule has 0 aliphatic heterocycles. The largest absolute Gasteiger partial charge is 0.271 e. The lowest BCUT2D eigenvalue weighted by Gasteiger charge is -2.19. The Bertz CT molecular complexity index is 560. The first-order valence-corrected chi connectivity index (χ1v) is 6.84.